The van der Waals surface area contributed by atoms with E-state index in [0.717, 1.165) is 10.5 Å². The van der Waals surface area contributed by atoms with Crippen LogP contribution in [0.3, 0.4) is 0 Å². The lowest BCUT2D eigenvalue weighted by Gasteiger charge is -2.07. The van der Waals surface area contributed by atoms with Gasteiger partial charge in [0.25, 0.3) is 0 Å². The predicted octanol–water partition coefficient (Wildman–Crippen LogP) is 5.12. The van der Waals surface area contributed by atoms with E-state index in [2.05, 4.69) is 15.9 Å². The SMILES string of the molecule is Nc1ccc(Cl)c(SCc2cccc(F)c2Br)c1. The maximum Gasteiger partial charge on any atom is 0.137 e. The van der Waals surface area contributed by atoms with Crippen LogP contribution >= 0.6 is 39.3 Å². The highest BCUT2D eigenvalue weighted by molar-refractivity contribution is 9.10. The lowest BCUT2D eigenvalue weighted by molar-refractivity contribution is 0.619. The molecule has 0 atom stereocenters. The quantitative estimate of drug-likeness (QED) is 0.617. The van der Waals surface area contributed by atoms with Crippen LogP contribution in [0.5, 0.6) is 0 Å². The van der Waals surface area contributed by atoms with E-state index < -0.39 is 0 Å². The topological polar surface area (TPSA) is 26.0 Å². The first-order chi connectivity index (χ1) is 8.58. The Balaban J connectivity index is 2.16. The van der Waals surface area contributed by atoms with Crippen LogP contribution in [0.1, 0.15) is 5.56 Å². The van der Waals surface area contributed by atoms with Crippen molar-refractivity contribution in [3.8, 4) is 0 Å². The van der Waals surface area contributed by atoms with Gasteiger partial charge in [0.1, 0.15) is 5.82 Å². The molecule has 0 heterocycles. The number of nitrogens with two attached hydrogens (primary N) is 1. The number of hydrogen-bond acceptors (Lipinski definition) is 2. The molecule has 0 saturated heterocycles. The summed E-state index contributed by atoms with van der Waals surface area (Å²) in [5, 5.41) is 0.654. The molecule has 0 bridgehead atoms. The summed E-state index contributed by atoms with van der Waals surface area (Å²) >= 11 is 10.8. The number of benzene rings is 2. The predicted molar refractivity (Wildman–Crippen MR) is 79.5 cm³/mol. The summed E-state index contributed by atoms with van der Waals surface area (Å²) in [5.41, 5.74) is 7.26. The molecule has 0 unspecified atom stereocenters. The van der Waals surface area contributed by atoms with E-state index in [0.29, 0.717) is 20.9 Å². The normalized spacial score (nSPS) is 10.6. The van der Waals surface area contributed by atoms with Crippen molar-refractivity contribution in [3.05, 3.63) is 57.3 Å². The Kier molecular flexibility index (Phi) is 4.54. The third-order valence-electron chi connectivity index (χ3n) is 2.37. The number of halogens is 3. The Bertz CT molecular complexity index is 575. The lowest BCUT2D eigenvalue weighted by atomic mass is 10.2. The first-order valence-corrected chi connectivity index (χ1v) is 7.34. The van der Waals surface area contributed by atoms with Gasteiger partial charge >= 0.3 is 0 Å². The Morgan fingerprint density at radius 1 is 1.28 bits per heavy atom. The van der Waals surface area contributed by atoms with Crippen LogP contribution in [0.25, 0.3) is 0 Å². The fourth-order valence-electron chi connectivity index (χ4n) is 1.45. The molecule has 0 aromatic heterocycles. The van der Waals surface area contributed by atoms with Crippen molar-refractivity contribution in [2.75, 3.05) is 5.73 Å². The zero-order valence-corrected chi connectivity index (χ0v) is 12.4. The third-order valence-corrected chi connectivity index (χ3v) is 4.80. The first-order valence-electron chi connectivity index (χ1n) is 5.18. The Labute approximate surface area is 123 Å². The molecule has 0 radical (unpaired) electrons. The van der Waals surface area contributed by atoms with Crippen molar-refractivity contribution < 1.29 is 4.39 Å². The van der Waals surface area contributed by atoms with Gasteiger partial charge in [-0.1, -0.05) is 23.7 Å². The molecular weight excluding hydrogens is 337 g/mol. The summed E-state index contributed by atoms with van der Waals surface area (Å²) in [4.78, 5) is 0.896. The van der Waals surface area contributed by atoms with Crippen LogP contribution in [0.4, 0.5) is 10.1 Å². The molecule has 2 rings (SSSR count). The number of thioether (sulfide) groups is 1. The van der Waals surface area contributed by atoms with E-state index in [4.69, 9.17) is 17.3 Å². The van der Waals surface area contributed by atoms with Gasteiger partial charge in [0.05, 0.1) is 9.50 Å². The number of nitrogen functional groups attached to an aromatic ring is 1. The van der Waals surface area contributed by atoms with E-state index in [1.165, 1.54) is 17.8 Å². The molecule has 18 heavy (non-hydrogen) atoms. The molecule has 0 spiro atoms. The molecule has 0 aliphatic rings. The number of hydrogen-bond donors (Lipinski definition) is 1. The van der Waals surface area contributed by atoms with Gasteiger partial charge in [-0.25, -0.2) is 4.39 Å². The molecule has 2 aromatic rings. The van der Waals surface area contributed by atoms with Crippen LogP contribution < -0.4 is 5.73 Å². The molecule has 2 aromatic carbocycles. The van der Waals surface area contributed by atoms with Crippen molar-refractivity contribution in [2.45, 2.75) is 10.6 Å². The molecular formula is C13H10BrClFNS. The van der Waals surface area contributed by atoms with Gasteiger partial charge in [-0.05, 0) is 45.8 Å². The van der Waals surface area contributed by atoms with Crippen LogP contribution in [0, 0.1) is 5.82 Å². The summed E-state index contributed by atoms with van der Waals surface area (Å²) in [7, 11) is 0. The standard InChI is InChI=1S/C13H10BrClFNS/c14-13-8(2-1-3-11(13)16)7-18-12-6-9(17)4-5-10(12)15/h1-6H,7,17H2. The fourth-order valence-corrected chi connectivity index (χ4v) is 3.29. The summed E-state index contributed by atoms with van der Waals surface area (Å²) < 4.78 is 13.8. The van der Waals surface area contributed by atoms with Crippen LogP contribution in [-0.4, -0.2) is 0 Å². The molecule has 5 heteroatoms. The van der Waals surface area contributed by atoms with E-state index in [1.54, 1.807) is 18.2 Å². The van der Waals surface area contributed by atoms with E-state index >= 15 is 0 Å². The van der Waals surface area contributed by atoms with Crippen LogP contribution in [0.15, 0.2) is 45.8 Å². The number of anilines is 1. The first kappa shape index (κ1) is 13.7. The fraction of sp³-hybridized carbons (Fsp3) is 0.0769. The molecule has 94 valence electrons. The molecule has 0 aliphatic carbocycles. The van der Waals surface area contributed by atoms with E-state index in [9.17, 15) is 4.39 Å². The summed E-state index contributed by atoms with van der Waals surface area (Å²) in [6, 6.07) is 10.3. The third kappa shape index (κ3) is 3.19. The average Bonchev–Trinajstić information content (AvgIpc) is 2.35. The van der Waals surface area contributed by atoms with Crippen molar-refractivity contribution in [1.29, 1.82) is 0 Å². The van der Waals surface area contributed by atoms with Gasteiger partial charge < -0.3 is 5.73 Å². The Hall–Kier alpha value is -0.710. The minimum absolute atomic E-state index is 0.258. The second-order valence-electron chi connectivity index (χ2n) is 3.69. The summed E-state index contributed by atoms with van der Waals surface area (Å²) in [5.74, 6) is 0.369. The number of rotatable bonds is 3. The molecule has 0 aliphatic heterocycles. The van der Waals surface area contributed by atoms with Crippen molar-refractivity contribution in [1.82, 2.24) is 0 Å². The maximum atomic E-state index is 13.3. The molecule has 0 fully saturated rings. The van der Waals surface area contributed by atoms with Crippen molar-refractivity contribution >= 4 is 45.0 Å². The zero-order valence-electron chi connectivity index (χ0n) is 9.29. The van der Waals surface area contributed by atoms with Gasteiger partial charge in [0.2, 0.25) is 0 Å². The van der Waals surface area contributed by atoms with E-state index in [1.807, 2.05) is 12.1 Å². The van der Waals surface area contributed by atoms with Gasteiger partial charge in [0.15, 0.2) is 0 Å². The molecule has 2 N–H and O–H groups in total. The van der Waals surface area contributed by atoms with Crippen molar-refractivity contribution in [2.24, 2.45) is 0 Å². The molecule has 0 saturated carbocycles. The minimum atomic E-state index is -0.258. The highest BCUT2D eigenvalue weighted by Crippen LogP contribution is 2.33. The molecule has 1 nitrogen and oxygen atoms in total. The summed E-state index contributed by atoms with van der Waals surface area (Å²) in [6.07, 6.45) is 0. The van der Waals surface area contributed by atoms with E-state index in [-0.39, 0.29) is 5.82 Å². The van der Waals surface area contributed by atoms with Gasteiger partial charge in [-0.15, -0.1) is 11.8 Å². The lowest BCUT2D eigenvalue weighted by Crippen LogP contribution is -1.88. The van der Waals surface area contributed by atoms with Crippen LogP contribution in [-0.2, 0) is 5.75 Å². The van der Waals surface area contributed by atoms with Crippen LogP contribution in [0.2, 0.25) is 5.02 Å². The smallest absolute Gasteiger partial charge is 0.137 e. The maximum absolute atomic E-state index is 13.3. The second-order valence-corrected chi connectivity index (χ2v) is 5.91. The largest absolute Gasteiger partial charge is 0.399 e. The average molecular weight is 347 g/mol. The molecule has 0 amide bonds. The minimum Gasteiger partial charge on any atom is -0.399 e. The summed E-state index contributed by atoms with van der Waals surface area (Å²) in [6.45, 7) is 0. The highest BCUT2D eigenvalue weighted by Gasteiger charge is 2.07. The van der Waals surface area contributed by atoms with Gasteiger partial charge in [-0.2, -0.15) is 0 Å². The highest BCUT2D eigenvalue weighted by atomic mass is 79.9. The van der Waals surface area contributed by atoms with Gasteiger partial charge in [-0.3, -0.25) is 0 Å². The van der Waals surface area contributed by atoms with Gasteiger partial charge in [0, 0.05) is 16.3 Å². The second kappa shape index (κ2) is 5.95. The monoisotopic (exact) mass is 345 g/mol. The van der Waals surface area contributed by atoms with Crippen molar-refractivity contribution in [3.63, 3.8) is 0 Å². The Morgan fingerprint density at radius 2 is 2.06 bits per heavy atom. The zero-order chi connectivity index (χ0) is 13.1. The Morgan fingerprint density at radius 3 is 2.83 bits per heavy atom.